The second-order valence-corrected chi connectivity index (χ2v) is 13.1. The first-order valence-electron chi connectivity index (χ1n) is 13.9. The lowest BCUT2D eigenvalue weighted by Crippen LogP contribution is -2.28. The van der Waals surface area contributed by atoms with Gasteiger partial charge in [0.2, 0.25) is 0 Å². The first-order valence-corrected chi connectivity index (χ1v) is 15.1. The van der Waals surface area contributed by atoms with Crippen LogP contribution in [-0.2, 0) is 16.6 Å². The Kier molecular flexibility index (Phi) is 7.32. The van der Waals surface area contributed by atoms with Crippen LogP contribution in [0.15, 0.2) is 67.0 Å². The van der Waals surface area contributed by atoms with Gasteiger partial charge in [0.25, 0.3) is 0 Å². The Morgan fingerprint density at radius 3 is 2.42 bits per heavy atom. The molecular formula is C34H31ClN4O3S. The summed E-state index contributed by atoms with van der Waals surface area (Å²) in [4.78, 5) is 22.5. The molecule has 43 heavy (non-hydrogen) atoms. The van der Waals surface area contributed by atoms with Gasteiger partial charge in [0, 0.05) is 51.6 Å². The monoisotopic (exact) mass is 610 g/mol. The first-order chi connectivity index (χ1) is 20.4. The number of carbonyl (C=O) groups is 1. The molecule has 0 saturated heterocycles. The molecule has 1 N–H and O–H groups in total. The number of aryl methyl sites for hydroxylation is 3. The lowest BCUT2D eigenvalue weighted by atomic mass is 9.91. The normalized spacial score (nSPS) is 12.7. The number of hydrogen-bond donors (Lipinski definition) is 1. The van der Waals surface area contributed by atoms with Gasteiger partial charge in [-0.2, -0.15) is 5.10 Å². The number of thiazole rings is 1. The topological polar surface area (TPSA) is 90.1 Å². The van der Waals surface area contributed by atoms with Crippen molar-refractivity contribution in [3.8, 4) is 32.8 Å². The molecule has 0 aliphatic rings. The quantitative estimate of drug-likeness (QED) is 0.203. The van der Waals surface area contributed by atoms with E-state index in [-0.39, 0.29) is 0 Å². The van der Waals surface area contributed by atoms with Crippen LogP contribution in [0.2, 0.25) is 5.02 Å². The highest BCUT2D eigenvalue weighted by atomic mass is 35.5. The molecule has 0 aliphatic heterocycles. The average molecular weight is 611 g/mol. The Morgan fingerprint density at radius 2 is 1.72 bits per heavy atom. The van der Waals surface area contributed by atoms with Crippen molar-refractivity contribution in [3.63, 3.8) is 0 Å². The minimum atomic E-state index is -1.17. The molecule has 0 unspecified atom stereocenters. The standard InChI is InChI=1S/C34H31ClN4O3S/c1-18-13-26-31(29(20-7-10-24(35)11-8-20)28(18)30(33(40)41)42-34(3,4)5)43-32(38-26)25-15-22(16-36-19(25)2)21-9-12-27-23(14-21)17-37-39(27)6/h7-17,30H,1-6H3,(H,40,41)/t30-/m0/s1. The second kappa shape index (κ2) is 10.9. The van der Waals surface area contributed by atoms with Gasteiger partial charge in [-0.25, -0.2) is 9.78 Å². The lowest BCUT2D eigenvalue weighted by Gasteiger charge is -2.28. The van der Waals surface area contributed by atoms with Crippen molar-refractivity contribution in [3.05, 3.63) is 88.8 Å². The second-order valence-electron chi connectivity index (χ2n) is 11.7. The van der Waals surface area contributed by atoms with Crippen molar-refractivity contribution in [1.82, 2.24) is 19.7 Å². The summed E-state index contributed by atoms with van der Waals surface area (Å²) in [6, 6.07) is 17.8. The van der Waals surface area contributed by atoms with Gasteiger partial charge in [-0.3, -0.25) is 9.67 Å². The van der Waals surface area contributed by atoms with E-state index in [1.165, 1.54) is 11.3 Å². The number of carboxylic acids is 1. The molecule has 0 amide bonds. The van der Waals surface area contributed by atoms with Crippen molar-refractivity contribution in [2.24, 2.45) is 7.05 Å². The summed E-state index contributed by atoms with van der Waals surface area (Å²) in [5.41, 5.74) is 8.00. The number of nitrogens with zero attached hydrogens (tertiary/aromatic N) is 4. The van der Waals surface area contributed by atoms with Crippen molar-refractivity contribution < 1.29 is 14.6 Å². The molecule has 0 bridgehead atoms. The third-order valence-electron chi connectivity index (χ3n) is 7.42. The maximum atomic E-state index is 12.7. The van der Waals surface area contributed by atoms with E-state index in [1.807, 2.05) is 89.1 Å². The number of benzene rings is 3. The highest BCUT2D eigenvalue weighted by molar-refractivity contribution is 7.22. The van der Waals surface area contributed by atoms with Crippen LogP contribution >= 0.6 is 22.9 Å². The molecule has 218 valence electrons. The highest BCUT2D eigenvalue weighted by Gasteiger charge is 2.32. The van der Waals surface area contributed by atoms with Gasteiger partial charge in [0.05, 0.1) is 27.5 Å². The third kappa shape index (κ3) is 5.54. The first kappa shape index (κ1) is 29.0. The molecule has 0 radical (unpaired) electrons. The fraction of sp³-hybridized carbons (Fsp3) is 0.235. The van der Waals surface area contributed by atoms with Crippen LogP contribution in [0.5, 0.6) is 0 Å². The van der Waals surface area contributed by atoms with E-state index in [9.17, 15) is 9.90 Å². The minimum Gasteiger partial charge on any atom is -0.479 e. The molecule has 9 heteroatoms. The van der Waals surface area contributed by atoms with Crippen LogP contribution in [0.25, 0.3) is 53.9 Å². The average Bonchev–Trinajstić information content (AvgIpc) is 3.54. The summed E-state index contributed by atoms with van der Waals surface area (Å²) < 4.78 is 8.89. The zero-order valence-corrected chi connectivity index (χ0v) is 26.3. The van der Waals surface area contributed by atoms with E-state index >= 15 is 0 Å². The Labute approximate surface area is 258 Å². The molecule has 0 spiro atoms. The van der Waals surface area contributed by atoms with Crippen molar-refractivity contribution in [1.29, 1.82) is 0 Å². The predicted molar refractivity (Wildman–Crippen MR) is 174 cm³/mol. The maximum Gasteiger partial charge on any atom is 0.337 e. The van der Waals surface area contributed by atoms with Gasteiger partial charge in [0.15, 0.2) is 6.10 Å². The van der Waals surface area contributed by atoms with E-state index in [0.717, 1.165) is 65.2 Å². The van der Waals surface area contributed by atoms with Gasteiger partial charge < -0.3 is 9.84 Å². The third-order valence-corrected chi connectivity index (χ3v) is 8.79. The van der Waals surface area contributed by atoms with Gasteiger partial charge in [-0.15, -0.1) is 11.3 Å². The Morgan fingerprint density at radius 1 is 1.00 bits per heavy atom. The molecule has 3 heterocycles. The highest BCUT2D eigenvalue weighted by Crippen LogP contribution is 2.45. The Bertz CT molecular complexity index is 2020. The number of fused-ring (bicyclic) bond motifs is 2. The maximum absolute atomic E-state index is 12.7. The number of aliphatic carboxylic acids is 1. The fourth-order valence-electron chi connectivity index (χ4n) is 5.40. The fourth-order valence-corrected chi connectivity index (χ4v) is 6.72. The number of pyridine rings is 1. The van der Waals surface area contributed by atoms with Crippen LogP contribution in [0.1, 0.15) is 43.7 Å². The number of ether oxygens (including phenoxy) is 1. The number of hydrogen-bond acceptors (Lipinski definition) is 6. The van der Waals surface area contributed by atoms with E-state index in [1.54, 1.807) is 0 Å². The van der Waals surface area contributed by atoms with E-state index in [0.29, 0.717) is 10.6 Å². The smallest absolute Gasteiger partial charge is 0.337 e. The van der Waals surface area contributed by atoms with Crippen LogP contribution in [0, 0.1) is 13.8 Å². The molecule has 3 aromatic carbocycles. The summed E-state index contributed by atoms with van der Waals surface area (Å²) in [6.45, 7) is 9.47. The minimum absolute atomic E-state index is 0.600. The van der Waals surface area contributed by atoms with E-state index in [2.05, 4.69) is 29.4 Å². The molecule has 0 saturated carbocycles. The van der Waals surface area contributed by atoms with E-state index in [4.69, 9.17) is 26.3 Å². The molecule has 6 aromatic rings. The Hall–Kier alpha value is -4.11. The molecular weight excluding hydrogens is 580 g/mol. The number of aromatic nitrogens is 4. The van der Waals surface area contributed by atoms with Crippen LogP contribution in [0.4, 0.5) is 0 Å². The predicted octanol–water partition coefficient (Wildman–Crippen LogP) is 8.79. The zero-order chi connectivity index (χ0) is 30.6. The summed E-state index contributed by atoms with van der Waals surface area (Å²) in [5, 5.41) is 17.2. The van der Waals surface area contributed by atoms with Crippen LogP contribution < -0.4 is 0 Å². The SMILES string of the molecule is Cc1cc2nc(-c3cc(-c4ccc5c(cnn5C)c4)cnc3C)sc2c(-c2ccc(Cl)cc2)c1[C@H](OC(C)(C)C)C(=O)O. The molecule has 0 aliphatic carbocycles. The molecule has 3 aromatic heterocycles. The lowest BCUT2D eigenvalue weighted by molar-refractivity contribution is -0.160. The van der Waals surface area contributed by atoms with Crippen LogP contribution in [0.3, 0.4) is 0 Å². The van der Waals surface area contributed by atoms with E-state index < -0.39 is 17.7 Å². The van der Waals surface area contributed by atoms with Gasteiger partial charge >= 0.3 is 5.97 Å². The zero-order valence-electron chi connectivity index (χ0n) is 24.8. The summed E-state index contributed by atoms with van der Waals surface area (Å²) in [7, 11) is 1.93. The molecule has 7 nitrogen and oxygen atoms in total. The van der Waals surface area contributed by atoms with Crippen molar-refractivity contribution >= 4 is 50.0 Å². The largest absolute Gasteiger partial charge is 0.479 e. The molecule has 0 fully saturated rings. The number of halogens is 1. The van der Waals surface area contributed by atoms with Crippen molar-refractivity contribution in [2.75, 3.05) is 0 Å². The van der Waals surface area contributed by atoms with Crippen molar-refractivity contribution in [2.45, 2.75) is 46.3 Å². The van der Waals surface area contributed by atoms with Gasteiger partial charge in [-0.05, 0) is 87.7 Å². The summed E-state index contributed by atoms with van der Waals surface area (Å²) >= 11 is 7.77. The molecule has 6 rings (SSSR count). The Balaban J connectivity index is 1.56. The number of rotatable bonds is 6. The summed E-state index contributed by atoms with van der Waals surface area (Å²) in [5.74, 6) is -1.05. The van der Waals surface area contributed by atoms with Crippen LogP contribution in [-0.4, -0.2) is 36.4 Å². The van der Waals surface area contributed by atoms with Gasteiger partial charge in [0.1, 0.15) is 5.01 Å². The summed E-state index contributed by atoms with van der Waals surface area (Å²) in [6.07, 6.45) is 2.57. The molecule has 1 atom stereocenters. The number of carboxylic acid groups (broad SMARTS) is 1. The van der Waals surface area contributed by atoms with Gasteiger partial charge in [-0.1, -0.05) is 29.8 Å².